The smallest absolute Gasteiger partial charge is 0.321 e. The molecule has 28 heavy (non-hydrogen) atoms. The van der Waals surface area contributed by atoms with Crippen molar-refractivity contribution in [3.05, 3.63) is 65.7 Å². The minimum atomic E-state index is -4.61. The molecule has 2 aromatic heterocycles. The van der Waals surface area contributed by atoms with E-state index in [1.807, 2.05) is 20.0 Å². The Balaban J connectivity index is 1.74. The molecule has 1 N–H and O–H groups in total. The van der Waals surface area contributed by atoms with Gasteiger partial charge in [-0.2, -0.15) is 13.2 Å². The van der Waals surface area contributed by atoms with Gasteiger partial charge in [0.1, 0.15) is 17.7 Å². The monoisotopic (exact) mass is 407 g/mol. The number of carbonyl (C=O) groups excluding carboxylic acids is 1. The summed E-state index contributed by atoms with van der Waals surface area (Å²) in [6, 6.07) is 10.3. The topological polar surface area (TPSA) is 72.7 Å². The maximum atomic E-state index is 12.8. The number of alkyl halides is 3. The number of hydrogen-bond donors (Lipinski definition) is 1. The Hall–Kier alpha value is -2.88. The van der Waals surface area contributed by atoms with Gasteiger partial charge in [-0.3, -0.25) is 4.79 Å². The Morgan fingerprint density at radius 1 is 1.21 bits per heavy atom. The maximum absolute atomic E-state index is 12.8. The molecule has 6 nitrogen and oxygen atoms in total. The number of amides is 1. The van der Waals surface area contributed by atoms with E-state index in [-0.39, 0.29) is 10.9 Å². The average Bonchev–Trinajstić information content (AvgIpc) is 3.06. The maximum Gasteiger partial charge on any atom is 0.433 e. The molecule has 1 atom stereocenters. The van der Waals surface area contributed by atoms with Crippen LogP contribution in [-0.4, -0.2) is 25.7 Å². The number of aryl methyl sites for hydroxylation is 1. The fourth-order valence-corrected chi connectivity index (χ4v) is 3.30. The lowest BCUT2D eigenvalue weighted by molar-refractivity contribution is -0.141. The van der Waals surface area contributed by atoms with E-state index in [9.17, 15) is 18.0 Å². The predicted molar refractivity (Wildman–Crippen MR) is 98.9 cm³/mol. The molecule has 3 rings (SSSR count). The summed E-state index contributed by atoms with van der Waals surface area (Å²) in [5.74, 6) is -0.711. The highest BCUT2D eigenvalue weighted by molar-refractivity contribution is 7.99. The van der Waals surface area contributed by atoms with Gasteiger partial charge in [-0.1, -0.05) is 30.0 Å². The SMILES string of the molecule is C[C@@H](Sc1nncn1C)c1cccc(NC(=O)c2cccc(C(F)(F)F)n2)c1. The van der Waals surface area contributed by atoms with Crippen LogP contribution < -0.4 is 5.32 Å². The largest absolute Gasteiger partial charge is 0.433 e. The van der Waals surface area contributed by atoms with Crippen LogP contribution in [0.5, 0.6) is 0 Å². The highest BCUT2D eigenvalue weighted by Crippen LogP contribution is 2.34. The summed E-state index contributed by atoms with van der Waals surface area (Å²) >= 11 is 1.50. The molecule has 10 heteroatoms. The van der Waals surface area contributed by atoms with Crippen molar-refractivity contribution in [3.63, 3.8) is 0 Å². The summed E-state index contributed by atoms with van der Waals surface area (Å²) in [5, 5.41) is 11.2. The van der Waals surface area contributed by atoms with Crippen LogP contribution in [0.1, 0.15) is 33.9 Å². The molecule has 0 unspecified atom stereocenters. The molecule has 0 aliphatic carbocycles. The molecule has 2 heterocycles. The first-order valence-electron chi connectivity index (χ1n) is 8.20. The standard InChI is InChI=1S/C18H16F3N5OS/c1-11(28-17-25-22-10-26(17)2)12-5-3-6-13(9-12)23-16(27)14-7-4-8-15(24-14)18(19,20)21/h3-11H,1-2H3,(H,23,27)/t11-/m1/s1. The van der Waals surface area contributed by atoms with Gasteiger partial charge in [-0.15, -0.1) is 10.2 Å². The number of benzene rings is 1. The third-order valence-electron chi connectivity index (χ3n) is 3.84. The molecule has 3 aromatic rings. The average molecular weight is 407 g/mol. The number of halogens is 3. The lowest BCUT2D eigenvalue weighted by atomic mass is 10.1. The van der Waals surface area contributed by atoms with Gasteiger partial charge >= 0.3 is 6.18 Å². The lowest BCUT2D eigenvalue weighted by Gasteiger charge is -2.13. The molecular weight excluding hydrogens is 391 g/mol. The molecule has 0 aliphatic heterocycles. The summed E-state index contributed by atoms with van der Waals surface area (Å²) in [6.45, 7) is 1.98. The summed E-state index contributed by atoms with van der Waals surface area (Å²) in [6.07, 6.45) is -3.00. The van der Waals surface area contributed by atoms with Gasteiger partial charge in [0.15, 0.2) is 5.16 Å². The third-order valence-corrected chi connectivity index (χ3v) is 5.04. The molecule has 0 aliphatic rings. The lowest BCUT2D eigenvalue weighted by Crippen LogP contribution is -2.17. The molecule has 1 amide bonds. The molecular formula is C18H16F3N5OS. The van der Waals surface area contributed by atoms with E-state index in [0.29, 0.717) is 5.69 Å². The zero-order valence-electron chi connectivity index (χ0n) is 14.9. The van der Waals surface area contributed by atoms with Crippen molar-refractivity contribution in [1.29, 1.82) is 0 Å². The van der Waals surface area contributed by atoms with Crippen LogP contribution in [0.4, 0.5) is 18.9 Å². The highest BCUT2D eigenvalue weighted by atomic mass is 32.2. The number of carbonyl (C=O) groups is 1. The summed E-state index contributed by atoms with van der Waals surface area (Å²) in [4.78, 5) is 15.7. The molecule has 0 saturated carbocycles. The second kappa shape index (κ2) is 8.01. The van der Waals surface area contributed by atoms with Crippen LogP contribution in [0.25, 0.3) is 0 Å². The zero-order chi connectivity index (χ0) is 20.3. The number of nitrogens with zero attached hydrogens (tertiary/aromatic N) is 4. The quantitative estimate of drug-likeness (QED) is 0.637. The Kier molecular flexibility index (Phi) is 5.68. The van der Waals surface area contributed by atoms with Gasteiger partial charge in [-0.05, 0) is 36.8 Å². The van der Waals surface area contributed by atoms with Gasteiger partial charge in [0.05, 0.1) is 0 Å². The van der Waals surface area contributed by atoms with Crippen LogP contribution in [0.3, 0.4) is 0 Å². The van der Waals surface area contributed by atoms with Crippen molar-refractivity contribution in [1.82, 2.24) is 19.7 Å². The molecule has 0 saturated heterocycles. The molecule has 0 fully saturated rings. The Bertz CT molecular complexity index is 989. The zero-order valence-corrected chi connectivity index (χ0v) is 15.8. The van der Waals surface area contributed by atoms with Crippen molar-refractivity contribution >= 4 is 23.4 Å². The number of pyridine rings is 1. The first-order chi connectivity index (χ1) is 13.2. The highest BCUT2D eigenvalue weighted by Gasteiger charge is 2.32. The minimum Gasteiger partial charge on any atom is -0.321 e. The number of aromatic nitrogens is 4. The van der Waals surface area contributed by atoms with Gasteiger partial charge in [0.2, 0.25) is 0 Å². The Labute approximate surface area is 163 Å². The Morgan fingerprint density at radius 2 is 1.96 bits per heavy atom. The van der Waals surface area contributed by atoms with E-state index in [0.717, 1.165) is 22.9 Å². The second-order valence-corrected chi connectivity index (χ2v) is 7.28. The van der Waals surface area contributed by atoms with Crippen LogP contribution in [0.15, 0.2) is 53.9 Å². The van der Waals surface area contributed by atoms with E-state index in [1.165, 1.54) is 17.8 Å². The normalized spacial score (nSPS) is 12.6. The number of nitrogens with one attached hydrogen (secondary N) is 1. The van der Waals surface area contributed by atoms with Crippen molar-refractivity contribution in [2.24, 2.45) is 7.05 Å². The second-order valence-electron chi connectivity index (χ2n) is 5.97. The van der Waals surface area contributed by atoms with E-state index in [2.05, 4.69) is 20.5 Å². The van der Waals surface area contributed by atoms with Gasteiger partial charge < -0.3 is 9.88 Å². The molecule has 0 spiro atoms. The summed E-state index contributed by atoms with van der Waals surface area (Å²) in [5.41, 5.74) is -0.0285. The molecule has 0 bridgehead atoms. The number of anilines is 1. The minimum absolute atomic E-state index is 0.0198. The van der Waals surface area contributed by atoms with Crippen molar-refractivity contribution in [2.45, 2.75) is 23.5 Å². The van der Waals surface area contributed by atoms with Crippen molar-refractivity contribution < 1.29 is 18.0 Å². The summed E-state index contributed by atoms with van der Waals surface area (Å²) in [7, 11) is 1.84. The van der Waals surface area contributed by atoms with Gasteiger partial charge in [0, 0.05) is 18.0 Å². The molecule has 146 valence electrons. The number of thioether (sulfide) groups is 1. The fourth-order valence-electron chi connectivity index (χ4n) is 2.39. The van der Waals surface area contributed by atoms with Crippen LogP contribution >= 0.6 is 11.8 Å². The van der Waals surface area contributed by atoms with E-state index >= 15 is 0 Å². The first-order valence-corrected chi connectivity index (χ1v) is 9.08. The van der Waals surface area contributed by atoms with Crippen LogP contribution in [0, 0.1) is 0 Å². The van der Waals surface area contributed by atoms with Gasteiger partial charge in [0.25, 0.3) is 5.91 Å². The molecule has 0 radical (unpaired) electrons. The van der Waals surface area contributed by atoms with E-state index in [4.69, 9.17) is 0 Å². The van der Waals surface area contributed by atoms with Crippen molar-refractivity contribution in [2.75, 3.05) is 5.32 Å². The number of hydrogen-bond acceptors (Lipinski definition) is 5. The number of rotatable bonds is 5. The Morgan fingerprint density at radius 3 is 2.64 bits per heavy atom. The van der Waals surface area contributed by atoms with E-state index in [1.54, 1.807) is 29.1 Å². The third kappa shape index (κ3) is 4.69. The first kappa shape index (κ1) is 19.9. The summed E-state index contributed by atoms with van der Waals surface area (Å²) < 4.78 is 40.1. The van der Waals surface area contributed by atoms with Crippen LogP contribution in [-0.2, 0) is 13.2 Å². The van der Waals surface area contributed by atoms with Gasteiger partial charge in [-0.25, -0.2) is 4.98 Å². The van der Waals surface area contributed by atoms with Crippen LogP contribution in [0.2, 0.25) is 0 Å². The predicted octanol–water partition coefficient (Wildman–Crippen LogP) is 4.33. The van der Waals surface area contributed by atoms with E-state index < -0.39 is 17.8 Å². The molecule has 1 aromatic carbocycles. The van der Waals surface area contributed by atoms with Crippen molar-refractivity contribution in [3.8, 4) is 0 Å². The fraction of sp³-hybridized carbons (Fsp3) is 0.222.